The monoisotopic (exact) mass is 243 g/mol. The minimum absolute atomic E-state index is 0.173. The molecule has 3 rings (SSSR count). The molecule has 0 spiro atoms. The number of nitrogen functional groups attached to an aromatic ring is 2. The summed E-state index contributed by atoms with van der Waals surface area (Å²) in [6.45, 7) is 0. The van der Waals surface area contributed by atoms with E-state index in [1.165, 1.54) is 0 Å². The number of thiazole rings is 1. The number of fused-ring (bicyclic) bond motifs is 1. The van der Waals surface area contributed by atoms with Crippen molar-refractivity contribution in [1.82, 2.24) is 15.0 Å². The Morgan fingerprint density at radius 2 is 1.88 bits per heavy atom. The Hall–Kier alpha value is -2.21. The van der Waals surface area contributed by atoms with Gasteiger partial charge in [-0.3, -0.25) is 0 Å². The molecule has 2 aromatic heterocycles. The average molecular weight is 243 g/mol. The molecule has 5 nitrogen and oxygen atoms in total. The highest BCUT2D eigenvalue weighted by molar-refractivity contribution is 7.21. The van der Waals surface area contributed by atoms with Crippen molar-refractivity contribution in [2.24, 2.45) is 0 Å². The predicted octanol–water partition coefficient (Wildman–Crippen LogP) is 1.92. The molecule has 84 valence electrons. The molecule has 0 aliphatic rings. The standard InChI is InChI=1S/C11H9N5S/c12-9-6(5-14-11(13)16-9)10-15-7-3-1-2-4-8(7)17-10/h1-5H,(H4,12,13,14,16). The molecule has 0 atom stereocenters. The minimum atomic E-state index is 0.173. The second-order valence-corrected chi connectivity index (χ2v) is 4.54. The Morgan fingerprint density at radius 3 is 2.65 bits per heavy atom. The van der Waals surface area contributed by atoms with Crippen molar-refractivity contribution in [3.8, 4) is 10.6 Å². The normalized spacial score (nSPS) is 10.8. The second-order valence-electron chi connectivity index (χ2n) is 3.51. The molecule has 17 heavy (non-hydrogen) atoms. The third-order valence-corrected chi connectivity index (χ3v) is 3.43. The molecule has 3 aromatic rings. The van der Waals surface area contributed by atoms with Crippen LogP contribution in [0.2, 0.25) is 0 Å². The molecule has 0 aliphatic heterocycles. The summed E-state index contributed by atoms with van der Waals surface area (Å²) in [5.74, 6) is 0.531. The van der Waals surface area contributed by atoms with Gasteiger partial charge in [0.1, 0.15) is 10.8 Å². The lowest BCUT2D eigenvalue weighted by Crippen LogP contribution is -2.00. The Labute approximate surface area is 101 Å². The van der Waals surface area contributed by atoms with Gasteiger partial charge >= 0.3 is 0 Å². The highest BCUT2D eigenvalue weighted by atomic mass is 32.1. The van der Waals surface area contributed by atoms with Crippen LogP contribution in [0.3, 0.4) is 0 Å². The van der Waals surface area contributed by atoms with Crippen LogP contribution in [0.15, 0.2) is 30.5 Å². The summed E-state index contributed by atoms with van der Waals surface area (Å²) in [5, 5.41) is 0.809. The third kappa shape index (κ3) is 1.68. The first kappa shape index (κ1) is 9.98. The largest absolute Gasteiger partial charge is 0.383 e. The summed E-state index contributed by atoms with van der Waals surface area (Å²) in [6, 6.07) is 7.91. The van der Waals surface area contributed by atoms with Gasteiger partial charge in [-0.05, 0) is 12.1 Å². The average Bonchev–Trinajstić information content (AvgIpc) is 2.72. The van der Waals surface area contributed by atoms with E-state index in [0.29, 0.717) is 5.82 Å². The first-order valence-electron chi connectivity index (χ1n) is 4.98. The van der Waals surface area contributed by atoms with E-state index >= 15 is 0 Å². The quantitative estimate of drug-likeness (QED) is 0.681. The van der Waals surface area contributed by atoms with Crippen LogP contribution in [-0.2, 0) is 0 Å². The molecular weight excluding hydrogens is 234 g/mol. The molecule has 1 aromatic carbocycles. The Balaban J connectivity index is 2.20. The summed E-state index contributed by atoms with van der Waals surface area (Å²) in [7, 11) is 0. The Bertz CT molecular complexity index is 658. The number of aromatic nitrogens is 3. The van der Waals surface area contributed by atoms with Crippen LogP contribution in [0.25, 0.3) is 20.8 Å². The molecular formula is C11H9N5S. The van der Waals surface area contributed by atoms with E-state index in [1.807, 2.05) is 24.3 Å². The summed E-state index contributed by atoms with van der Waals surface area (Å²) in [4.78, 5) is 12.4. The summed E-state index contributed by atoms with van der Waals surface area (Å²) < 4.78 is 1.11. The number of hydrogen-bond acceptors (Lipinski definition) is 6. The molecule has 0 fully saturated rings. The van der Waals surface area contributed by atoms with Crippen LogP contribution in [0.4, 0.5) is 11.8 Å². The molecule has 0 saturated carbocycles. The molecule has 2 heterocycles. The number of anilines is 2. The fraction of sp³-hybridized carbons (Fsp3) is 0. The SMILES string of the molecule is Nc1ncc(-c2nc3ccccc3s2)c(N)n1. The summed E-state index contributed by atoms with van der Waals surface area (Å²) in [6.07, 6.45) is 1.61. The number of hydrogen-bond donors (Lipinski definition) is 2. The van der Waals surface area contributed by atoms with E-state index < -0.39 is 0 Å². The number of para-hydroxylation sites is 1. The van der Waals surface area contributed by atoms with Crippen molar-refractivity contribution in [2.45, 2.75) is 0 Å². The van der Waals surface area contributed by atoms with E-state index in [2.05, 4.69) is 15.0 Å². The molecule has 0 amide bonds. The van der Waals surface area contributed by atoms with Gasteiger partial charge in [-0.25, -0.2) is 9.97 Å². The van der Waals surface area contributed by atoms with E-state index in [9.17, 15) is 0 Å². The number of nitrogens with zero attached hydrogens (tertiary/aromatic N) is 3. The van der Waals surface area contributed by atoms with Gasteiger partial charge < -0.3 is 11.5 Å². The first-order valence-corrected chi connectivity index (χ1v) is 5.79. The maximum absolute atomic E-state index is 5.81. The van der Waals surface area contributed by atoms with Crippen molar-refractivity contribution in [3.63, 3.8) is 0 Å². The molecule has 4 N–H and O–H groups in total. The molecule has 0 radical (unpaired) electrons. The van der Waals surface area contributed by atoms with Crippen LogP contribution in [0.5, 0.6) is 0 Å². The first-order chi connectivity index (χ1) is 8.24. The highest BCUT2D eigenvalue weighted by Gasteiger charge is 2.10. The topological polar surface area (TPSA) is 90.7 Å². The van der Waals surface area contributed by atoms with Crippen molar-refractivity contribution in [2.75, 3.05) is 11.5 Å². The fourth-order valence-corrected chi connectivity index (χ4v) is 2.55. The lowest BCUT2D eigenvalue weighted by Gasteiger charge is -2.00. The van der Waals surface area contributed by atoms with Gasteiger partial charge in [0, 0.05) is 6.20 Å². The molecule has 0 aliphatic carbocycles. The molecule has 6 heteroatoms. The molecule has 0 bridgehead atoms. The smallest absolute Gasteiger partial charge is 0.221 e. The zero-order valence-corrected chi connectivity index (χ0v) is 9.61. The van der Waals surface area contributed by atoms with Crippen LogP contribution in [-0.4, -0.2) is 15.0 Å². The van der Waals surface area contributed by atoms with Crippen LogP contribution in [0.1, 0.15) is 0 Å². The lowest BCUT2D eigenvalue weighted by atomic mass is 10.3. The molecule has 0 unspecified atom stereocenters. The van der Waals surface area contributed by atoms with Gasteiger partial charge in [-0.2, -0.15) is 4.98 Å². The maximum Gasteiger partial charge on any atom is 0.221 e. The van der Waals surface area contributed by atoms with Crippen LogP contribution >= 0.6 is 11.3 Å². The molecule has 0 saturated heterocycles. The minimum Gasteiger partial charge on any atom is -0.383 e. The van der Waals surface area contributed by atoms with Gasteiger partial charge in [0.2, 0.25) is 5.95 Å². The van der Waals surface area contributed by atoms with Crippen molar-refractivity contribution in [1.29, 1.82) is 0 Å². The van der Waals surface area contributed by atoms with Gasteiger partial charge in [-0.1, -0.05) is 12.1 Å². The second kappa shape index (κ2) is 3.67. The third-order valence-electron chi connectivity index (χ3n) is 2.36. The predicted molar refractivity (Wildman–Crippen MR) is 69.5 cm³/mol. The maximum atomic E-state index is 5.81. The summed E-state index contributed by atoms with van der Waals surface area (Å²) >= 11 is 1.56. The van der Waals surface area contributed by atoms with E-state index in [1.54, 1.807) is 17.5 Å². The number of nitrogens with two attached hydrogens (primary N) is 2. The van der Waals surface area contributed by atoms with E-state index in [-0.39, 0.29) is 5.95 Å². The van der Waals surface area contributed by atoms with E-state index in [4.69, 9.17) is 11.5 Å². The Morgan fingerprint density at radius 1 is 1.06 bits per heavy atom. The fourth-order valence-electron chi connectivity index (χ4n) is 1.56. The van der Waals surface area contributed by atoms with Gasteiger partial charge in [0.25, 0.3) is 0 Å². The highest BCUT2D eigenvalue weighted by Crippen LogP contribution is 2.32. The van der Waals surface area contributed by atoms with E-state index in [0.717, 1.165) is 20.8 Å². The number of benzene rings is 1. The Kier molecular flexibility index (Phi) is 2.15. The van der Waals surface area contributed by atoms with Crippen molar-refractivity contribution >= 4 is 33.3 Å². The zero-order chi connectivity index (χ0) is 11.8. The summed E-state index contributed by atoms with van der Waals surface area (Å²) in [5.41, 5.74) is 12.9. The van der Waals surface area contributed by atoms with Gasteiger partial charge in [0.05, 0.1) is 15.8 Å². The van der Waals surface area contributed by atoms with Crippen LogP contribution < -0.4 is 11.5 Å². The zero-order valence-electron chi connectivity index (χ0n) is 8.79. The van der Waals surface area contributed by atoms with Gasteiger partial charge in [0.15, 0.2) is 0 Å². The van der Waals surface area contributed by atoms with Crippen molar-refractivity contribution in [3.05, 3.63) is 30.5 Å². The number of rotatable bonds is 1. The van der Waals surface area contributed by atoms with Crippen molar-refractivity contribution < 1.29 is 0 Å². The van der Waals surface area contributed by atoms with Crippen LogP contribution in [0, 0.1) is 0 Å². The lowest BCUT2D eigenvalue weighted by molar-refractivity contribution is 1.19. The van der Waals surface area contributed by atoms with Gasteiger partial charge in [-0.15, -0.1) is 11.3 Å².